The van der Waals surface area contributed by atoms with Gasteiger partial charge in [0.05, 0.1) is 10.6 Å². The summed E-state index contributed by atoms with van der Waals surface area (Å²) in [6, 6.07) is 15.5. The summed E-state index contributed by atoms with van der Waals surface area (Å²) in [6.45, 7) is 2.57. The van der Waals surface area contributed by atoms with Crippen molar-refractivity contribution >= 4 is 29.3 Å². The monoisotopic (exact) mass is 467 g/mol. The van der Waals surface area contributed by atoms with Gasteiger partial charge in [-0.3, -0.25) is 14.4 Å². The van der Waals surface area contributed by atoms with Crippen LogP contribution in [0.4, 0.5) is 0 Å². The van der Waals surface area contributed by atoms with Crippen LogP contribution in [0.15, 0.2) is 54.6 Å². The van der Waals surface area contributed by atoms with Crippen LogP contribution in [0.2, 0.25) is 5.02 Å². The number of nitrogens with one attached hydrogen (secondary N) is 1. The second-order valence-electron chi connectivity index (χ2n) is 8.81. The molecule has 2 saturated heterocycles. The molecule has 0 radical (unpaired) electrons. The molecule has 2 aromatic carbocycles. The molecule has 0 saturated carbocycles. The predicted octanol–water partition coefficient (Wildman–Crippen LogP) is 4.00. The molecule has 2 fully saturated rings. The maximum absolute atomic E-state index is 13.5. The van der Waals surface area contributed by atoms with E-state index in [-0.39, 0.29) is 23.6 Å². The summed E-state index contributed by atoms with van der Waals surface area (Å²) in [6.07, 6.45) is 4.42. The molecule has 4 rings (SSSR count). The summed E-state index contributed by atoms with van der Waals surface area (Å²) in [4.78, 5) is 43.1. The Bertz CT molecular complexity index is 983. The van der Waals surface area contributed by atoms with Crippen molar-refractivity contribution in [1.29, 1.82) is 0 Å². The van der Waals surface area contributed by atoms with E-state index in [0.717, 1.165) is 32.4 Å². The second kappa shape index (κ2) is 10.8. The number of benzene rings is 2. The van der Waals surface area contributed by atoms with Gasteiger partial charge in [-0.15, -0.1) is 0 Å². The number of hydrogen-bond acceptors (Lipinski definition) is 3. The molecule has 2 heterocycles. The molecule has 33 heavy (non-hydrogen) atoms. The van der Waals surface area contributed by atoms with Crippen molar-refractivity contribution in [2.75, 3.05) is 26.2 Å². The van der Waals surface area contributed by atoms with E-state index >= 15 is 0 Å². The number of rotatable bonds is 5. The first kappa shape index (κ1) is 23.3. The highest BCUT2D eigenvalue weighted by Crippen LogP contribution is 2.25. The molecule has 2 aliphatic heterocycles. The van der Waals surface area contributed by atoms with Crippen LogP contribution in [0, 0.1) is 5.92 Å². The number of carbonyl (C=O) groups is 3. The SMILES string of the molecule is O=C(NC(C(=O)N1CCCCC1)C1CCN(C(=O)c2ccccc2)CC1)c1ccccc1Cl. The van der Waals surface area contributed by atoms with Gasteiger partial charge >= 0.3 is 0 Å². The topological polar surface area (TPSA) is 69.7 Å². The Hall–Kier alpha value is -2.86. The number of likely N-dealkylation sites (tertiary alicyclic amines) is 2. The first-order valence-corrected chi connectivity index (χ1v) is 12.1. The molecule has 6 nitrogen and oxygen atoms in total. The molecule has 7 heteroatoms. The van der Waals surface area contributed by atoms with Crippen LogP contribution >= 0.6 is 11.6 Å². The van der Waals surface area contributed by atoms with E-state index in [2.05, 4.69) is 5.32 Å². The fourth-order valence-electron chi connectivity index (χ4n) is 4.76. The minimum absolute atomic E-state index is 0.00746. The lowest BCUT2D eigenvalue weighted by atomic mass is 9.87. The lowest BCUT2D eigenvalue weighted by Crippen LogP contribution is -2.55. The van der Waals surface area contributed by atoms with E-state index < -0.39 is 6.04 Å². The molecule has 3 amide bonds. The highest BCUT2D eigenvalue weighted by atomic mass is 35.5. The highest BCUT2D eigenvalue weighted by molar-refractivity contribution is 6.33. The van der Waals surface area contributed by atoms with Crippen LogP contribution in [0.5, 0.6) is 0 Å². The Kier molecular flexibility index (Phi) is 7.65. The number of hydrogen-bond donors (Lipinski definition) is 1. The quantitative estimate of drug-likeness (QED) is 0.722. The average molecular weight is 468 g/mol. The Morgan fingerprint density at radius 3 is 2.12 bits per heavy atom. The molecule has 2 aliphatic rings. The first-order valence-electron chi connectivity index (χ1n) is 11.7. The predicted molar refractivity (Wildman–Crippen MR) is 128 cm³/mol. The van der Waals surface area contributed by atoms with Crippen LogP contribution in [-0.4, -0.2) is 59.7 Å². The van der Waals surface area contributed by atoms with Gasteiger partial charge in [0.15, 0.2) is 0 Å². The smallest absolute Gasteiger partial charge is 0.253 e. The van der Waals surface area contributed by atoms with Gasteiger partial charge in [0.1, 0.15) is 6.04 Å². The van der Waals surface area contributed by atoms with E-state index in [0.29, 0.717) is 42.1 Å². The van der Waals surface area contributed by atoms with Crippen molar-refractivity contribution in [3.63, 3.8) is 0 Å². The summed E-state index contributed by atoms with van der Waals surface area (Å²) >= 11 is 6.23. The Morgan fingerprint density at radius 1 is 0.818 bits per heavy atom. The zero-order valence-corrected chi connectivity index (χ0v) is 19.5. The van der Waals surface area contributed by atoms with Gasteiger partial charge in [0.2, 0.25) is 5.91 Å². The number of nitrogens with zero attached hydrogens (tertiary/aromatic N) is 2. The second-order valence-corrected chi connectivity index (χ2v) is 9.22. The van der Waals surface area contributed by atoms with E-state index in [1.807, 2.05) is 40.1 Å². The van der Waals surface area contributed by atoms with Gasteiger partial charge in [-0.1, -0.05) is 41.9 Å². The number of halogens is 1. The van der Waals surface area contributed by atoms with E-state index in [4.69, 9.17) is 11.6 Å². The Balaban J connectivity index is 1.47. The lowest BCUT2D eigenvalue weighted by molar-refractivity contribution is -0.136. The fourth-order valence-corrected chi connectivity index (χ4v) is 4.98. The van der Waals surface area contributed by atoms with Crippen LogP contribution < -0.4 is 5.32 Å². The third kappa shape index (κ3) is 5.56. The van der Waals surface area contributed by atoms with Crippen LogP contribution in [-0.2, 0) is 4.79 Å². The molecule has 1 unspecified atom stereocenters. The molecule has 1 atom stereocenters. The van der Waals surface area contributed by atoms with Gasteiger partial charge in [-0.05, 0) is 62.3 Å². The maximum atomic E-state index is 13.5. The minimum Gasteiger partial charge on any atom is -0.341 e. The van der Waals surface area contributed by atoms with Crippen molar-refractivity contribution in [3.05, 3.63) is 70.7 Å². The normalized spacial score (nSPS) is 18.0. The van der Waals surface area contributed by atoms with Crippen molar-refractivity contribution in [3.8, 4) is 0 Å². The zero-order valence-electron chi connectivity index (χ0n) is 18.7. The van der Waals surface area contributed by atoms with E-state index in [1.165, 1.54) is 0 Å². The highest BCUT2D eigenvalue weighted by Gasteiger charge is 2.36. The van der Waals surface area contributed by atoms with Crippen molar-refractivity contribution < 1.29 is 14.4 Å². The summed E-state index contributed by atoms with van der Waals surface area (Å²) in [5.74, 6) is -0.388. The van der Waals surface area contributed by atoms with E-state index in [9.17, 15) is 14.4 Å². The van der Waals surface area contributed by atoms with Gasteiger partial charge < -0.3 is 15.1 Å². The minimum atomic E-state index is -0.624. The average Bonchev–Trinajstić information content (AvgIpc) is 2.88. The van der Waals surface area contributed by atoms with Crippen LogP contribution in [0.25, 0.3) is 0 Å². The molecular formula is C26H30ClN3O3. The molecular weight excluding hydrogens is 438 g/mol. The molecule has 2 aromatic rings. The van der Waals surface area contributed by atoms with Gasteiger partial charge in [0, 0.05) is 31.7 Å². The van der Waals surface area contributed by atoms with Crippen molar-refractivity contribution in [1.82, 2.24) is 15.1 Å². The van der Waals surface area contributed by atoms with Crippen molar-refractivity contribution in [2.24, 2.45) is 5.92 Å². The molecule has 1 N–H and O–H groups in total. The van der Waals surface area contributed by atoms with Gasteiger partial charge in [-0.2, -0.15) is 0 Å². The fraction of sp³-hybridized carbons (Fsp3) is 0.423. The van der Waals surface area contributed by atoms with Gasteiger partial charge in [0.25, 0.3) is 11.8 Å². The standard InChI is InChI=1S/C26H30ClN3O3/c27-22-12-6-5-11-21(22)24(31)28-23(26(33)29-15-7-2-8-16-29)19-13-17-30(18-14-19)25(32)20-9-3-1-4-10-20/h1,3-6,9-12,19,23H,2,7-8,13-18H2,(H,28,31). The zero-order chi connectivity index (χ0) is 23.2. The molecule has 0 aliphatic carbocycles. The van der Waals surface area contributed by atoms with Crippen LogP contribution in [0.1, 0.15) is 52.8 Å². The third-order valence-electron chi connectivity index (χ3n) is 6.66. The summed E-state index contributed by atoms with van der Waals surface area (Å²) in [5, 5.41) is 3.36. The van der Waals surface area contributed by atoms with E-state index in [1.54, 1.807) is 24.3 Å². The van der Waals surface area contributed by atoms with Crippen LogP contribution in [0.3, 0.4) is 0 Å². The molecule has 0 bridgehead atoms. The van der Waals surface area contributed by atoms with Gasteiger partial charge in [-0.25, -0.2) is 0 Å². The maximum Gasteiger partial charge on any atom is 0.253 e. The first-order chi connectivity index (χ1) is 16.0. The third-order valence-corrected chi connectivity index (χ3v) is 6.99. The Labute approximate surface area is 199 Å². The Morgan fingerprint density at radius 2 is 1.45 bits per heavy atom. The largest absolute Gasteiger partial charge is 0.341 e. The lowest BCUT2D eigenvalue weighted by Gasteiger charge is -2.38. The van der Waals surface area contributed by atoms with Crippen molar-refractivity contribution in [2.45, 2.75) is 38.1 Å². The summed E-state index contributed by atoms with van der Waals surface area (Å²) < 4.78 is 0. The number of piperidine rings is 2. The number of amides is 3. The number of carbonyl (C=O) groups excluding carboxylic acids is 3. The molecule has 0 spiro atoms. The summed E-state index contributed by atoms with van der Waals surface area (Å²) in [7, 11) is 0. The molecule has 174 valence electrons. The summed E-state index contributed by atoms with van der Waals surface area (Å²) in [5.41, 5.74) is 1.04. The molecule has 0 aromatic heterocycles.